The smallest absolute Gasteiger partial charge is 0.350 e. The number of nitrogens with one attached hydrogen (secondary N) is 1. The Labute approximate surface area is 197 Å². The summed E-state index contributed by atoms with van der Waals surface area (Å²) in [5, 5.41) is 2.47. The molecule has 0 bridgehead atoms. The quantitative estimate of drug-likeness (QED) is 0.312. The predicted molar refractivity (Wildman–Crippen MR) is 132 cm³/mol. The Hall–Kier alpha value is -2.13. The zero-order chi connectivity index (χ0) is 24.0. The largest absolute Gasteiger partial charge is 0.465 e. The summed E-state index contributed by atoms with van der Waals surface area (Å²) in [4.78, 5) is 33.5. The van der Waals surface area contributed by atoms with Crippen LogP contribution in [0, 0.1) is 23.2 Å². The second kappa shape index (κ2) is 14.8. The molecule has 5 nitrogen and oxygen atoms in total. The monoisotopic (exact) mass is 461 g/mol. The van der Waals surface area contributed by atoms with Crippen LogP contribution in [0.15, 0.2) is 6.07 Å². The number of Topliss-reactive ketones (excluding diaryl/α,β-unsaturated/α-hetero) is 1. The number of carbonyl (C=O) groups excluding carboxylic acids is 3. The minimum Gasteiger partial charge on any atom is -0.465 e. The van der Waals surface area contributed by atoms with E-state index in [0.717, 1.165) is 36.5 Å². The molecule has 3 rings (SSSR count). The maximum Gasteiger partial charge on any atom is 0.350 e. The first kappa shape index (κ1) is 27.9. The molecule has 0 radical (unpaired) electrons. The Bertz CT molecular complexity index is 781. The zero-order valence-electron chi connectivity index (χ0n) is 20.3. The first-order valence-electron chi connectivity index (χ1n) is 11.6. The zero-order valence-corrected chi connectivity index (χ0v) is 21.2. The van der Waals surface area contributed by atoms with Gasteiger partial charge in [-0.3, -0.25) is 9.59 Å². The fourth-order valence-corrected chi connectivity index (χ4v) is 4.26. The van der Waals surface area contributed by atoms with Crippen molar-refractivity contribution in [2.75, 3.05) is 12.4 Å². The number of ether oxygens (including phenoxy) is 1. The van der Waals surface area contributed by atoms with E-state index in [4.69, 9.17) is 0 Å². The molecular weight excluding hydrogens is 422 g/mol. The van der Waals surface area contributed by atoms with E-state index in [9.17, 15) is 14.4 Å². The van der Waals surface area contributed by atoms with Crippen LogP contribution in [-0.4, -0.2) is 25.3 Å². The van der Waals surface area contributed by atoms with Gasteiger partial charge in [0.1, 0.15) is 10.7 Å². The molecule has 1 aromatic heterocycles. The van der Waals surface area contributed by atoms with Crippen molar-refractivity contribution in [3.8, 4) is 11.8 Å². The van der Waals surface area contributed by atoms with Gasteiger partial charge in [0, 0.05) is 18.3 Å². The summed E-state index contributed by atoms with van der Waals surface area (Å²) in [7, 11) is 1.30. The van der Waals surface area contributed by atoms with Crippen LogP contribution in [0.25, 0.3) is 0 Å². The summed E-state index contributed by atoms with van der Waals surface area (Å²) in [6.07, 6.45) is 13.2. The average Bonchev–Trinajstić information content (AvgIpc) is 3.16. The molecule has 0 unspecified atom stereocenters. The number of rotatable bonds is 3. The van der Waals surface area contributed by atoms with Crippen LogP contribution >= 0.6 is 11.3 Å². The van der Waals surface area contributed by atoms with E-state index < -0.39 is 5.97 Å². The third kappa shape index (κ3) is 12.0. The highest BCUT2D eigenvalue weighted by atomic mass is 32.1. The number of thiophene rings is 1. The van der Waals surface area contributed by atoms with Crippen LogP contribution in [0.2, 0.25) is 0 Å². The topological polar surface area (TPSA) is 72.5 Å². The van der Waals surface area contributed by atoms with Crippen molar-refractivity contribution in [1.29, 1.82) is 0 Å². The predicted octanol–water partition coefficient (Wildman–Crippen LogP) is 6.61. The molecule has 2 aliphatic rings. The van der Waals surface area contributed by atoms with Crippen LogP contribution in [0.4, 0.5) is 5.69 Å². The molecule has 2 aliphatic carbocycles. The summed E-state index contributed by atoms with van der Waals surface area (Å²) >= 11 is 1.20. The van der Waals surface area contributed by atoms with Crippen molar-refractivity contribution in [3.63, 3.8) is 0 Å². The highest BCUT2D eigenvalue weighted by Crippen LogP contribution is 2.27. The number of hydrogen-bond donors (Lipinski definition) is 1. The molecule has 0 saturated heterocycles. The molecule has 2 fully saturated rings. The van der Waals surface area contributed by atoms with Crippen LogP contribution in [0.1, 0.15) is 106 Å². The van der Waals surface area contributed by atoms with Gasteiger partial charge in [-0.2, -0.15) is 0 Å². The highest BCUT2D eigenvalue weighted by Gasteiger charge is 2.16. The third-order valence-corrected chi connectivity index (χ3v) is 6.21. The van der Waals surface area contributed by atoms with Crippen molar-refractivity contribution in [2.24, 2.45) is 11.3 Å². The fourth-order valence-electron chi connectivity index (χ4n) is 3.37. The van der Waals surface area contributed by atoms with Gasteiger partial charge in [-0.05, 0) is 45.6 Å². The molecule has 0 spiro atoms. The van der Waals surface area contributed by atoms with E-state index in [1.165, 1.54) is 57.0 Å². The molecule has 1 amide bonds. The van der Waals surface area contributed by atoms with Gasteiger partial charge in [0.05, 0.1) is 17.7 Å². The number of anilines is 1. The molecule has 1 N–H and O–H groups in total. The molecule has 2 saturated carbocycles. The van der Waals surface area contributed by atoms with E-state index in [1.54, 1.807) is 6.07 Å². The van der Waals surface area contributed by atoms with E-state index in [1.807, 2.05) is 20.8 Å². The molecular formula is C26H39NO4S. The van der Waals surface area contributed by atoms with Gasteiger partial charge < -0.3 is 10.1 Å². The maximum absolute atomic E-state index is 11.5. The molecule has 0 aromatic carbocycles. The first-order valence-corrected chi connectivity index (χ1v) is 12.4. The number of esters is 1. The summed E-state index contributed by atoms with van der Waals surface area (Å²) in [6, 6.07) is 1.67. The van der Waals surface area contributed by atoms with Crippen molar-refractivity contribution in [3.05, 3.63) is 15.8 Å². The van der Waals surface area contributed by atoms with E-state index in [-0.39, 0.29) is 5.41 Å². The van der Waals surface area contributed by atoms with E-state index in [0.29, 0.717) is 22.8 Å². The van der Waals surface area contributed by atoms with Crippen LogP contribution in [0.3, 0.4) is 0 Å². The van der Waals surface area contributed by atoms with Gasteiger partial charge >= 0.3 is 5.97 Å². The normalized spacial score (nSPS) is 16.2. The minimum absolute atomic E-state index is 0.117. The number of ketones is 1. The van der Waals surface area contributed by atoms with E-state index >= 15 is 0 Å². The van der Waals surface area contributed by atoms with Crippen LogP contribution in [-0.2, 0) is 14.3 Å². The van der Waals surface area contributed by atoms with Crippen molar-refractivity contribution >= 4 is 35.2 Å². The Morgan fingerprint density at radius 2 is 1.72 bits per heavy atom. The van der Waals surface area contributed by atoms with Crippen LogP contribution in [0.5, 0.6) is 0 Å². The van der Waals surface area contributed by atoms with Gasteiger partial charge in [0.25, 0.3) is 0 Å². The number of carbonyl (C=O) groups is 3. The lowest BCUT2D eigenvalue weighted by atomic mass is 9.91. The van der Waals surface area contributed by atoms with Gasteiger partial charge in [-0.15, -0.1) is 11.3 Å². The van der Waals surface area contributed by atoms with Gasteiger partial charge in [-0.25, -0.2) is 4.79 Å². The highest BCUT2D eigenvalue weighted by molar-refractivity contribution is 7.15. The standard InChI is InChI=1S/C13H15NO3S.C7H14.C6H10O/c1-13(2,3)6-5-9-7-10(14-8-15)11(18-9)12(16)17-4;1-7-5-3-2-4-6-7;7-6-4-2-1-3-5-6/h7-8H,1-4H3,(H,14,15);7H,2-6H2,1H3;1-5H2. The van der Waals surface area contributed by atoms with Crippen molar-refractivity contribution < 1.29 is 19.1 Å². The SMILES string of the molecule is CC1CCCCC1.COC(=O)c1sc(C#CC(C)(C)C)cc1NC=O.O=C1CCCCC1. The van der Waals surface area contributed by atoms with Gasteiger partial charge in [0.2, 0.25) is 6.41 Å². The maximum atomic E-state index is 11.5. The van der Waals surface area contributed by atoms with Gasteiger partial charge in [0.15, 0.2) is 0 Å². The summed E-state index contributed by atoms with van der Waals surface area (Å²) in [6.45, 7) is 8.36. The molecule has 32 heavy (non-hydrogen) atoms. The third-order valence-electron chi connectivity index (χ3n) is 5.18. The number of hydrogen-bond acceptors (Lipinski definition) is 5. The van der Waals surface area contributed by atoms with E-state index in [2.05, 4.69) is 28.8 Å². The summed E-state index contributed by atoms with van der Waals surface area (Å²) in [5.41, 5.74) is 0.313. The minimum atomic E-state index is -0.479. The molecule has 6 heteroatoms. The molecule has 0 atom stereocenters. The first-order chi connectivity index (χ1) is 15.2. The Morgan fingerprint density at radius 3 is 2.12 bits per heavy atom. The van der Waals surface area contributed by atoms with Crippen molar-refractivity contribution in [1.82, 2.24) is 0 Å². The molecule has 1 aromatic rings. The lowest BCUT2D eigenvalue weighted by Gasteiger charge is -2.15. The summed E-state index contributed by atoms with van der Waals surface area (Å²) < 4.78 is 4.65. The second-order valence-electron chi connectivity index (χ2n) is 9.45. The Balaban J connectivity index is 0.000000295. The number of amides is 1. The average molecular weight is 462 g/mol. The molecule has 178 valence electrons. The number of methoxy groups -OCH3 is 1. The lowest BCUT2D eigenvalue weighted by Crippen LogP contribution is -2.03. The second-order valence-corrected chi connectivity index (χ2v) is 10.5. The Kier molecular flexibility index (Phi) is 12.9. The fraction of sp³-hybridized carbons (Fsp3) is 0.654. The molecule has 1 heterocycles. The van der Waals surface area contributed by atoms with Crippen LogP contribution < -0.4 is 5.32 Å². The summed E-state index contributed by atoms with van der Waals surface area (Å²) in [5.74, 6) is 7.08. The van der Waals surface area contributed by atoms with Gasteiger partial charge in [-0.1, -0.05) is 57.3 Å². The molecule has 0 aliphatic heterocycles. The lowest BCUT2D eigenvalue weighted by molar-refractivity contribution is -0.120. The van der Waals surface area contributed by atoms with Crippen molar-refractivity contribution in [2.45, 2.75) is 91.9 Å². The Morgan fingerprint density at radius 1 is 1.12 bits per heavy atom.